The highest BCUT2D eigenvalue weighted by atomic mass is 35.5. The Hall–Kier alpha value is -0.570. The van der Waals surface area contributed by atoms with Crippen molar-refractivity contribution in [3.8, 4) is 0 Å². The molecule has 1 fully saturated rings. The Balaban J connectivity index is 2.17. The van der Waals surface area contributed by atoms with Crippen LogP contribution in [0.15, 0.2) is 24.3 Å². The molecule has 14 heavy (non-hydrogen) atoms. The van der Waals surface area contributed by atoms with Gasteiger partial charge in [-0.2, -0.15) is 0 Å². The SMILES string of the molecule is OC(c1ccccc1Cl)C1CCCO1. The molecule has 1 aliphatic rings. The predicted molar refractivity (Wildman–Crippen MR) is 55.4 cm³/mol. The second-order valence-electron chi connectivity index (χ2n) is 3.52. The van der Waals surface area contributed by atoms with Crippen molar-refractivity contribution in [1.82, 2.24) is 0 Å². The van der Waals surface area contributed by atoms with Gasteiger partial charge in [-0.1, -0.05) is 29.8 Å². The lowest BCUT2D eigenvalue weighted by molar-refractivity contribution is -0.00253. The molecular formula is C11H13ClO2. The summed E-state index contributed by atoms with van der Waals surface area (Å²) in [6, 6.07) is 7.36. The van der Waals surface area contributed by atoms with Crippen LogP contribution in [0.25, 0.3) is 0 Å². The molecule has 3 heteroatoms. The molecule has 2 rings (SSSR count). The molecule has 2 nitrogen and oxygen atoms in total. The third-order valence-electron chi connectivity index (χ3n) is 2.54. The summed E-state index contributed by atoms with van der Waals surface area (Å²) >= 11 is 5.98. The van der Waals surface area contributed by atoms with Crippen molar-refractivity contribution in [2.24, 2.45) is 0 Å². The lowest BCUT2D eigenvalue weighted by atomic mass is 10.0. The summed E-state index contributed by atoms with van der Waals surface area (Å²) < 4.78 is 5.42. The van der Waals surface area contributed by atoms with Gasteiger partial charge in [-0.15, -0.1) is 0 Å². The summed E-state index contributed by atoms with van der Waals surface area (Å²) in [5.74, 6) is 0. The second-order valence-corrected chi connectivity index (χ2v) is 3.93. The monoisotopic (exact) mass is 212 g/mol. The maximum Gasteiger partial charge on any atom is 0.107 e. The van der Waals surface area contributed by atoms with E-state index >= 15 is 0 Å². The first-order valence-corrected chi connectivity index (χ1v) is 5.21. The Morgan fingerprint density at radius 3 is 2.86 bits per heavy atom. The van der Waals surface area contributed by atoms with E-state index in [-0.39, 0.29) is 6.10 Å². The van der Waals surface area contributed by atoms with Crippen molar-refractivity contribution in [3.05, 3.63) is 34.9 Å². The molecule has 0 spiro atoms. The molecule has 1 N–H and O–H groups in total. The zero-order valence-electron chi connectivity index (χ0n) is 7.82. The summed E-state index contributed by atoms with van der Waals surface area (Å²) in [5.41, 5.74) is 0.765. The quantitative estimate of drug-likeness (QED) is 0.817. The molecule has 76 valence electrons. The van der Waals surface area contributed by atoms with E-state index < -0.39 is 6.10 Å². The summed E-state index contributed by atoms with van der Waals surface area (Å²) in [6.45, 7) is 0.742. The first kappa shape index (κ1) is 9.97. The van der Waals surface area contributed by atoms with E-state index in [2.05, 4.69) is 0 Å². The molecular weight excluding hydrogens is 200 g/mol. The largest absolute Gasteiger partial charge is 0.386 e. The molecule has 1 aromatic carbocycles. The first-order valence-electron chi connectivity index (χ1n) is 4.83. The molecule has 0 bridgehead atoms. The van der Waals surface area contributed by atoms with Gasteiger partial charge >= 0.3 is 0 Å². The molecule has 0 radical (unpaired) electrons. The van der Waals surface area contributed by atoms with Crippen LogP contribution >= 0.6 is 11.6 Å². The Bertz CT molecular complexity index is 308. The number of aliphatic hydroxyl groups is 1. The molecule has 0 amide bonds. The average Bonchev–Trinajstić information content (AvgIpc) is 2.70. The van der Waals surface area contributed by atoms with E-state index in [0.717, 1.165) is 25.0 Å². The molecule has 1 saturated heterocycles. The fourth-order valence-corrected chi connectivity index (χ4v) is 2.01. The van der Waals surface area contributed by atoms with Gasteiger partial charge in [0.15, 0.2) is 0 Å². The summed E-state index contributed by atoms with van der Waals surface area (Å²) in [7, 11) is 0. The van der Waals surface area contributed by atoms with E-state index in [9.17, 15) is 5.11 Å². The number of benzene rings is 1. The number of rotatable bonds is 2. The summed E-state index contributed by atoms with van der Waals surface area (Å²) in [5, 5.41) is 10.6. The summed E-state index contributed by atoms with van der Waals surface area (Å²) in [4.78, 5) is 0. The van der Waals surface area contributed by atoms with Crippen LogP contribution in [0, 0.1) is 0 Å². The third-order valence-corrected chi connectivity index (χ3v) is 2.89. The van der Waals surface area contributed by atoms with Gasteiger partial charge < -0.3 is 9.84 Å². The molecule has 1 aromatic rings. The van der Waals surface area contributed by atoms with Gasteiger partial charge in [0.2, 0.25) is 0 Å². The maximum absolute atomic E-state index is 9.99. The van der Waals surface area contributed by atoms with Crippen molar-refractivity contribution in [1.29, 1.82) is 0 Å². The topological polar surface area (TPSA) is 29.5 Å². The number of ether oxygens (including phenoxy) is 1. The highest BCUT2D eigenvalue weighted by Gasteiger charge is 2.26. The molecule has 1 aliphatic heterocycles. The van der Waals surface area contributed by atoms with Crippen LogP contribution in [0.2, 0.25) is 5.02 Å². The van der Waals surface area contributed by atoms with Gasteiger partial charge in [0.1, 0.15) is 6.10 Å². The van der Waals surface area contributed by atoms with Gasteiger partial charge in [-0.25, -0.2) is 0 Å². The van der Waals surface area contributed by atoms with Gasteiger partial charge in [0.05, 0.1) is 6.10 Å². The van der Waals surface area contributed by atoms with E-state index in [1.165, 1.54) is 0 Å². The second kappa shape index (κ2) is 4.30. The van der Waals surface area contributed by atoms with Crippen molar-refractivity contribution in [2.45, 2.75) is 25.0 Å². The van der Waals surface area contributed by atoms with Gasteiger partial charge in [0, 0.05) is 17.2 Å². The average molecular weight is 213 g/mol. The highest BCUT2D eigenvalue weighted by Crippen LogP contribution is 2.30. The zero-order valence-corrected chi connectivity index (χ0v) is 8.57. The fraction of sp³-hybridized carbons (Fsp3) is 0.455. The number of aliphatic hydroxyl groups excluding tert-OH is 1. The Morgan fingerprint density at radius 2 is 2.21 bits per heavy atom. The predicted octanol–water partition coefficient (Wildman–Crippen LogP) is 2.55. The van der Waals surface area contributed by atoms with Crippen LogP contribution in [0.4, 0.5) is 0 Å². The van der Waals surface area contributed by atoms with Crippen LogP contribution in [0.1, 0.15) is 24.5 Å². The molecule has 1 heterocycles. The van der Waals surface area contributed by atoms with E-state index in [4.69, 9.17) is 16.3 Å². The zero-order chi connectivity index (χ0) is 9.97. The molecule has 0 saturated carbocycles. The molecule has 0 aliphatic carbocycles. The van der Waals surface area contributed by atoms with Crippen molar-refractivity contribution in [3.63, 3.8) is 0 Å². The van der Waals surface area contributed by atoms with E-state index in [0.29, 0.717) is 5.02 Å². The van der Waals surface area contributed by atoms with Crippen LogP contribution in [0.5, 0.6) is 0 Å². The smallest absolute Gasteiger partial charge is 0.107 e. The minimum absolute atomic E-state index is 0.0881. The Morgan fingerprint density at radius 1 is 1.43 bits per heavy atom. The lowest BCUT2D eigenvalue weighted by Crippen LogP contribution is -2.17. The highest BCUT2D eigenvalue weighted by molar-refractivity contribution is 6.31. The number of halogens is 1. The minimum atomic E-state index is -0.591. The van der Waals surface area contributed by atoms with Gasteiger partial charge in [0.25, 0.3) is 0 Å². The third kappa shape index (κ3) is 1.92. The van der Waals surface area contributed by atoms with Crippen molar-refractivity contribution in [2.75, 3.05) is 6.61 Å². The van der Waals surface area contributed by atoms with Crippen LogP contribution in [0.3, 0.4) is 0 Å². The van der Waals surface area contributed by atoms with Crippen molar-refractivity contribution < 1.29 is 9.84 Å². The summed E-state index contributed by atoms with van der Waals surface area (Å²) in [6.07, 6.45) is 1.25. The number of hydrogen-bond acceptors (Lipinski definition) is 2. The first-order chi connectivity index (χ1) is 6.79. The number of hydrogen-bond donors (Lipinski definition) is 1. The van der Waals surface area contributed by atoms with Crippen LogP contribution < -0.4 is 0 Å². The van der Waals surface area contributed by atoms with Crippen LogP contribution in [-0.2, 0) is 4.74 Å². The van der Waals surface area contributed by atoms with Gasteiger partial charge in [-0.3, -0.25) is 0 Å². The van der Waals surface area contributed by atoms with Crippen LogP contribution in [-0.4, -0.2) is 17.8 Å². The maximum atomic E-state index is 9.99. The lowest BCUT2D eigenvalue weighted by Gasteiger charge is -2.18. The fourth-order valence-electron chi connectivity index (χ4n) is 1.77. The molecule has 2 atom stereocenters. The molecule has 2 unspecified atom stereocenters. The van der Waals surface area contributed by atoms with E-state index in [1.54, 1.807) is 6.07 Å². The Labute approximate surface area is 88.5 Å². The standard InChI is InChI=1S/C11H13ClO2/c12-9-5-2-1-4-8(9)11(13)10-6-3-7-14-10/h1-2,4-5,10-11,13H,3,6-7H2. The molecule has 0 aromatic heterocycles. The van der Waals surface area contributed by atoms with Crippen molar-refractivity contribution >= 4 is 11.6 Å². The Kier molecular flexibility index (Phi) is 3.06. The van der Waals surface area contributed by atoms with E-state index in [1.807, 2.05) is 18.2 Å². The normalized spacial score (nSPS) is 23.7. The minimum Gasteiger partial charge on any atom is -0.386 e. The van der Waals surface area contributed by atoms with Gasteiger partial charge in [-0.05, 0) is 18.9 Å².